The maximum absolute atomic E-state index is 11.9. The molecular weight excluding hydrogens is 424 g/mol. The number of hydrogen-bond donors (Lipinski definition) is 1. The van der Waals surface area contributed by atoms with E-state index in [1.54, 1.807) is 0 Å². The minimum absolute atomic E-state index is 0.00469. The fraction of sp³-hybridized carbons (Fsp3) is 0.933. The summed E-state index contributed by atoms with van der Waals surface area (Å²) in [5, 5.41) is 8.89. The summed E-state index contributed by atoms with van der Waals surface area (Å²) >= 11 is 0. The van der Waals surface area contributed by atoms with Gasteiger partial charge in [0, 0.05) is 12.8 Å². The van der Waals surface area contributed by atoms with Crippen molar-refractivity contribution in [1.29, 1.82) is 0 Å². The lowest BCUT2D eigenvalue weighted by atomic mass is 9.86. The van der Waals surface area contributed by atoms with E-state index in [0.717, 1.165) is 25.7 Å². The normalized spacial score (nSPS) is 13.2. The van der Waals surface area contributed by atoms with Crippen LogP contribution in [0.2, 0.25) is 0 Å². The number of aliphatic carboxylic acids is 1. The van der Waals surface area contributed by atoms with Gasteiger partial charge in [-0.3, -0.25) is 9.59 Å². The third kappa shape index (κ3) is 21.5. The van der Waals surface area contributed by atoms with Crippen molar-refractivity contribution in [3.05, 3.63) is 0 Å². The summed E-state index contributed by atoms with van der Waals surface area (Å²) in [6.45, 7) is 9.45. The van der Waals surface area contributed by atoms with Crippen LogP contribution in [0, 0.1) is 17.8 Å². The average Bonchev–Trinajstić information content (AvgIpc) is 2.80. The zero-order valence-corrected chi connectivity index (χ0v) is 23.3. The van der Waals surface area contributed by atoms with Crippen LogP contribution in [-0.2, 0) is 14.3 Å². The third-order valence-corrected chi connectivity index (χ3v) is 7.40. The van der Waals surface area contributed by atoms with Crippen LogP contribution in [0.5, 0.6) is 0 Å². The van der Waals surface area contributed by atoms with Crippen LogP contribution in [0.25, 0.3) is 0 Å². The molecule has 2 atom stereocenters. The van der Waals surface area contributed by atoms with Crippen molar-refractivity contribution in [2.75, 3.05) is 6.61 Å². The molecule has 0 saturated carbocycles. The summed E-state index contributed by atoms with van der Waals surface area (Å²) in [7, 11) is 0. The predicted molar refractivity (Wildman–Crippen MR) is 144 cm³/mol. The Morgan fingerprint density at radius 2 is 1.21 bits per heavy atom. The molecule has 0 saturated heterocycles. The van der Waals surface area contributed by atoms with Crippen LogP contribution in [0.1, 0.15) is 156 Å². The van der Waals surface area contributed by atoms with Crippen molar-refractivity contribution >= 4 is 11.9 Å². The molecule has 0 aromatic rings. The van der Waals surface area contributed by atoms with E-state index in [9.17, 15) is 9.59 Å². The molecule has 0 amide bonds. The first kappa shape index (κ1) is 32.9. The first-order valence-electron chi connectivity index (χ1n) is 14.8. The molecule has 34 heavy (non-hydrogen) atoms. The Bertz CT molecular complexity index is 474. The smallest absolute Gasteiger partial charge is 0.305 e. The number of rotatable bonds is 25. The first-order valence-corrected chi connectivity index (χ1v) is 14.8. The van der Waals surface area contributed by atoms with Crippen LogP contribution >= 0.6 is 0 Å². The molecule has 0 radical (unpaired) electrons. The zero-order valence-electron chi connectivity index (χ0n) is 23.3. The van der Waals surface area contributed by atoms with Gasteiger partial charge in [-0.25, -0.2) is 0 Å². The van der Waals surface area contributed by atoms with Gasteiger partial charge in [0.1, 0.15) is 0 Å². The van der Waals surface area contributed by atoms with Crippen LogP contribution in [0.4, 0.5) is 0 Å². The van der Waals surface area contributed by atoms with Crippen LogP contribution in [0.15, 0.2) is 0 Å². The van der Waals surface area contributed by atoms with Crippen molar-refractivity contribution in [1.82, 2.24) is 0 Å². The number of hydrogen-bond acceptors (Lipinski definition) is 3. The van der Waals surface area contributed by atoms with Crippen molar-refractivity contribution in [3.8, 4) is 0 Å². The zero-order chi connectivity index (χ0) is 25.4. The van der Waals surface area contributed by atoms with E-state index in [4.69, 9.17) is 9.84 Å². The van der Waals surface area contributed by atoms with Gasteiger partial charge in [0.2, 0.25) is 0 Å². The number of carboxylic acid groups (broad SMARTS) is 1. The molecule has 0 aromatic heterocycles. The molecule has 0 aliphatic heterocycles. The van der Waals surface area contributed by atoms with Gasteiger partial charge in [-0.1, -0.05) is 124 Å². The van der Waals surface area contributed by atoms with Crippen LogP contribution in [0.3, 0.4) is 0 Å². The third-order valence-electron chi connectivity index (χ3n) is 7.40. The molecule has 4 heteroatoms. The molecule has 2 unspecified atom stereocenters. The second-order valence-corrected chi connectivity index (χ2v) is 10.8. The van der Waals surface area contributed by atoms with Gasteiger partial charge in [0.15, 0.2) is 0 Å². The van der Waals surface area contributed by atoms with E-state index < -0.39 is 5.97 Å². The lowest BCUT2D eigenvalue weighted by Crippen LogP contribution is -2.13. The van der Waals surface area contributed by atoms with Crippen LogP contribution in [-0.4, -0.2) is 23.7 Å². The molecule has 1 N–H and O–H groups in total. The Morgan fingerprint density at radius 3 is 1.68 bits per heavy atom. The van der Waals surface area contributed by atoms with Gasteiger partial charge in [-0.15, -0.1) is 0 Å². The molecule has 0 rings (SSSR count). The summed E-state index contributed by atoms with van der Waals surface area (Å²) < 4.78 is 5.48. The fourth-order valence-electron chi connectivity index (χ4n) is 4.74. The Morgan fingerprint density at radius 1 is 0.676 bits per heavy atom. The average molecular weight is 483 g/mol. The van der Waals surface area contributed by atoms with Crippen LogP contribution < -0.4 is 0 Å². The molecular formula is C30H58O4. The lowest BCUT2D eigenvalue weighted by Gasteiger charge is -2.19. The topological polar surface area (TPSA) is 63.6 Å². The van der Waals surface area contributed by atoms with E-state index in [-0.39, 0.29) is 5.97 Å². The summed E-state index contributed by atoms with van der Waals surface area (Å²) in [6.07, 6.45) is 22.8. The van der Waals surface area contributed by atoms with Gasteiger partial charge in [-0.2, -0.15) is 0 Å². The highest BCUT2D eigenvalue weighted by Crippen LogP contribution is 2.24. The van der Waals surface area contributed by atoms with Gasteiger partial charge < -0.3 is 9.84 Å². The van der Waals surface area contributed by atoms with Crippen molar-refractivity contribution in [3.63, 3.8) is 0 Å². The first-order chi connectivity index (χ1) is 16.4. The maximum atomic E-state index is 11.9. The number of carbonyl (C=O) groups is 2. The Hall–Kier alpha value is -1.06. The highest BCUT2D eigenvalue weighted by atomic mass is 16.5. The van der Waals surface area contributed by atoms with E-state index >= 15 is 0 Å². The number of carboxylic acids is 1. The second kappa shape index (κ2) is 23.7. The van der Waals surface area contributed by atoms with Gasteiger partial charge >= 0.3 is 11.9 Å². The predicted octanol–water partition coefficient (Wildman–Crippen LogP) is 9.34. The molecule has 0 spiro atoms. The van der Waals surface area contributed by atoms with Crippen molar-refractivity contribution in [2.24, 2.45) is 17.8 Å². The van der Waals surface area contributed by atoms with Crippen molar-refractivity contribution in [2.45, 2.75) is 156 Å². The fourth-order valence-corrected chi connectivity index (χ4v) is 4.74. The van der Waals surface area contributed by atoms with E-state index in [1.165, 1.54) is 89.9 Å². The molecule has 0 heterocycles. The van der Waals surface area contributed by atoms with E-state index in [0.29, 0.717) is 37.2 Å². The minimum Gasteiger partial charge on any atom is -0.481 e. The quantitative estimate of drug-likeness (QED) is 0.104. The highest BCUT2D eigenvalue weighted by Gasteiger charge is 2.14. The molecule has 4 nitrogen and oxygen atoms in total. The summed E-state index contributed by atoms with van der Waals surface area (Å²) in [4.78, 5) is 22.7. The number of carbonyl (C=O) groups excluding carboxylic acids is 1. The number of ether oxygens (including phenoxy) is 1. The molecule has 0 aromatic carbocycles. The molecule has 0 fully saturated rings. The standard InChI is InChI=1S/C30H58O4/c1-5-7-20-27(6-2)25-34-30(33)22-19-17-15-13-11-9-8-10-12-14-16-18-21-28(26(3)4)23-24-29(31)32/h26-28H,5-25H2,1-4H3,(H,31,32). The molecule has 0 aliphatic carbocycles. The summed E-state index contributed by atoms with van der Waals surface area (Å²) in [6, 6.07) is 0. The maximum Gasteiger partial charge on any atom is 0.305 e. The minimum atomic E-state index is -0.663. The van der Waals surface area contributed by atoms with Gasteiger partial charge in [0.25, 0.3) is 0 Å². The Labute approximate surface area is 212 Å². The number of unbranched alkanes of at least 4 members (excludes halogenated alkanes) is 12. The SMILES string of the molecule is CCCCC(CC)COC(=O)CCCCCCCCCCCCCCC(CCC(=O)O)C(C)C. The summed E-state index contributed by atoms with van der Waals surface area (Å²) in [5.74, 6) is 1.02. The molecule has 0 bridgehead atoms. The monoisotopic (exact) mass is 482 g/mol. The number of esters is 1. The van der Waals surface area contributed by atoms with Gasteiger partial charge in [-0.05, 0) is 37.0 Å². The molecule has 202 valence electrons. The second-order valence-electron chi connectivity index (χ2n) is 10.8. The largest absolute Gasteiger partial charge is 0.481 e. The Kier molecular flexibility index (Phi) is 22.9. The van der Waals surface area contributed by atoms with Crippen molar-refractivity contribution < 1.29 is 19.4 Å². The highest BCUT2D eigenvalue weighted by molar-refractivity contribution is 5.69. The molecule has 0 aliphatic rings. The van der Waals surface area contributed by atoms with E-state index in [1.807, 2.05) is 0 Å². The Balaban J connectivity index is 3.44. The lowest BCUT2D eigenvalue weighted by molar-refractivity contribution is -0.145. The van der Waals surface area contributed by atoms with Gasteiger partial charge in [0.05, 0.1) is 6.61 Å². The summed E-state index contributed by atoms with van der Waals surface area (Å²) in [5.41, 5.74) is 0. The van der Waals surface area contributed by atoms with E-state index in [2.05, 4.69) is 27.7 Å².